The lowest BCUT2D eigenvalue weighted by molar-refractivity contribution is 0.683. The summed E-state index contributed by atoms with van der Waals surface area (Å²) in [6.07, 6.45) is 4.11. The highest BCUT2D eigenvalue weighted by Crippen LogP contribution is 2.26. The summed E-state index contributed by atoms with van der Waals surface area (Å²) < 4.78 is 2.06. The number of thiophene rings is 1. The molecule has 0 aliphatic rings. The third-order valence-electron chi connectivity index (χ3n) is 3.67. The number of rotatable bonds is 5. The number of hydrogen-bond donors (Lipinski definition) is 1. The van der Waals surface area contributed by atoms with Gasteiger partial charge in [0, 0.05) is 13.0 Å². The van der Waals surface area contributed by atoms with E-state index in [1.807, 2.05) is 17.5 Å². The topological polar surface area (TPSA) is 69.6 Å². The molecule has 0 atom stereocenters. The average Bonchev–Trinajstić information content (AvgIpc) is 3.21. The molecule has 0 saturated carbocycles. The van der Waals surface area contributed by atoms with Crippen LogP contribution in [0.15, 0.2) is 17.5 Å². The summed E-state index contributed by atoms with van der Waals surface area (Å²) in [6, 6.07) is 3.98. The average molecular weight is 339 g/mol. The van der Waals surface area contributed by atoms with E-state index < -0.39 is 0 Å². The Balaban J connectivity index is 2.11. The Bertz CT molecular complexity index is 884. The number of nitrogens with two attached hydrogens (primary N) is 1. The normalized spacial score (nSPS) is 10.8. The van der Waals surface area contributed by atoms with Crippen molar-refractivity contribution in [1.29, 1.82) is 0 Å². The second-order valence-corrected chi connectivity index (χ2v) is 6.52. The summed E-state index contributed by atoms with van der Waals surface area (Å²) in [5, 5.41) is 2.01. The number of nitrogen functional groups attached to an aromatic ring is 1. The summed E-state index contributed by atoms with van der Waals surface area (Å²) in [7, 11) is 0. The number of nitrogens with zero attached hydrogens (tertiary/aromatic N) is 4. The molecule has 0 unspecified atom stereocenters. The molecule has 24 heavy (non-hydrogen) atoms. The molecular formula is C18H21N5S. The largest absolute Gasteiger partial charge is 0.382 e. The number of hydrogen-bond acceptors (Lipinski definition) is 5. The number of anilines is 1. The Morgan fingerprint density at radius 3 is 2.79 bits per heavy atom. The molecule has 0 aliphatic carbocycles. The van der Waals surface area contributed by atoms with Crippen LogP contribution in [0, 0.1) is 11.8 Å². The van der Waals surface area contributed by atoms with Gasteiger partial charge in [-0.1, -0.05) is 32.3 Å². The predicted molar refractivity (Wildman–Crippen MR) is 99.7 cm³/mol. The van der Waals surface area contributed by atoms with Crippen molar-refractivity contribution in [2.75, 3.05) is 5.73 Å². The Morgan fingerprint density at radius 1 is 1.21 bits per heavy atom. The molecule has 0 aromatic carbocycles. The zero-order chi connectivity index (χ0) is 16.9. The molecule has 0 radical (unpaired) electrons. The lowest BCUT2D eigenvalue weighted by Crippen LogP contribution is -2.03. The molecule has 2 N–H and O–H groups in total. The first-order valence-corrected chi connectivity index (χ1v) is 9.19. The quantitative estimate of drug-likeness (QED) is 0.561. The zero-order valence-corrected chi connectivity index (χ0v) is 14.9. The van der Waals surface area contributed by atoms with Crippen LogP contribution in [0.3, 0.4) is 0 Å². The molecule has 3 aromatic rings. The van der Waals surface area contributed by atoms with Crippen molar-refractivity contribution in [3.8, 4) is 22.5 Å². The smallest absolute Gasteiger partial charge is 0.187 e. The fourth-order valence-corrected chi connectivity index (χ4v) is 3.13. The zero-order valence-electron chi connectivity index (χ0n) is 14.0. The summed E-state index contributed by atoms with van der Waals surface area (Å²) >= 11 is 1.60. The van der Waals surface area contributed by atoms with Gasteiger partial charge in [0.25, 0.3) is 0 Å². The molecule has 0 aliphatic heterocycles. The van der Waals surface area contributed by atoms with Crippen molar-refractivity contribution in [3.63, 3.8) is 0 Å². The first-order chi connectivity index (χ1) is 11.7. The molecule has 0 spiro atoms. The maximum Gasteiger partial charge on any atom is 0.187 e. The van der Waals surface area contributed by atoms with Crippen molar-refractivity contribution in [2.24, 2.45) is 0 Å². The van der Waals surface area contributed by atoms with E-state index in [-0.39, 0.29) is 0 Å². The maximum absolute atomic E-state index is 6.15. The summed E-state index contributed by atoms with van der Waals surface area (Å²) in [5.41, 5.74) is 7.56. The van der Waals surface area contributed by atoms with E-state index in [0.29, 0.717) is 17.2 Å². The SMILES string of the molecule is CCCCC#Cc1nc2c(N)nc(-c3cccs3)nc2n1CCC. The van der Waals surface area contributed by atoms with Crippen LogP contribution in [0.4, 0.5) is 5.82 Å². The molecule has 0 fully saturated rings. The van der Waals surface area contributed by atoms with Gasteiger partial charge in [-0.25, -0.2) is 15.0 Å². The molecule has 5 nitrogen and oxygen atoms in total. The molecule has 124 valence electrons. The molecular weight excluding hydrogens is 318 g/mol. The first kappa shape index (κ1) is 16.5. The van der Waals surface area contributed by atoms with Crippen LogP contribution in [0.5, 0.6) is 0 Å². The van der Waals surface area contributed by atoms with Crippen molar-refractivity contribution in [3.05, 3.63) is 23.3 Å². The van der Waals surface area contributed by atoms with Gasteiger partial charge in [0.05, 0.1) is 4.88 Å². The van der Waals surface area contributed by atoms with Crippen molar-refractivity contribution in [2.45, 2.75) is 46.1 Å². The Hall–Kier alpha value is -2.39. The van der Waals surface area contributed by atoms with Gasteiger partial charge in [-0.3, -0.25) is 0 Å². The first-order valence-electron chi connectivity index (χ1n) is 8.31. The lowest BCUT2D eigenvalue weighted by atomic mass is 10.2. The highest BCUT2D eigenvalue weighted by atomic mass is 32.1. The number of aromatic nitrogens is 4. The van der Waals surface area contributed by atoms with Crippen LogP contribution in [-0.2, 0) is 6.54 Å². The maximum atomic E-state index is 6.15. The van der Waals surface area contributed by atoms with Gasteiger partial charge >= 0.3 is 0 Å². The van der Waals surface area contributed by atoms with Gasteiger partial charge < -0.3 is 10.3 Å². The molecule has 3 rings (SSSR count). The molecule has 6 heteroatoms. The Kier molecular flexibility index (Phi) is 5.11. The molecule has 0 amide bonds. The highest BCUT2D eigenvalue weighted by molar-refractivity contribution is 7.13. The van der Waals surface area contributed by atoms with Crippen molar-refractivity contribution in [1.82, 2.24) is 19.5 Å². The standard InChI is InChI=1S/C18H21N5S/c1-3-5-6-7-10-14-20-15-16(19)21-17(13-9-8-12-24-13)22-18(15)23(14)11-4-2/h8-9,12H,3-6,11H2,1-2H3,(H2,19,21,22). The predicted octanol–water partition coefficient (Wildman–Crippen LogP) is 4.09. The van der Waals surface area contributed by atoms with Crippen LogP contribution in [-0.4, -0.2) is 19.5 Å². The van der Waals surface area contributed by atoms with Gasteiger partial charge in [-0.15, -0.1) is 11.3 Å². The minimum absolute atomic E-state index is 0.412. The van der Waals surface area contributed by atoms with E-state index in [4.69, 9.17) is 10.7 Å². The minimum atomic E-state index is 0.412. The van der Waals surface area contributed by atoms with Crippen molar-refractivity contribution >= 4 is 28.3 Å². The molecule has 0 bridgehead atoms. The Morgan fingerprint density at radius 2 is 2.08 bits per heavy atom. The van der Waals surface area contributed by atoms with E-state index in [1.54, 1.807) is 11.3 Å². The second-order valence-electron chi connectivity index (χ2n) is 5.57. The van der Waals surface area contributed by atoms with E-state index >= 15 is 0 Å². The fraction of sp³-hybridized carbons (Fsp3) is 0.389. The number of imidazole rings is 1. The molecule has 3 heterocycles. The van der Waals surface area contributed by atoms with Crippen LogP contribution >= 0.6 is 11.3 Å². The van der Waals surface area contributed by atoms with Crippen LogP contribution < -0.4 is 5.73 Å². The van der Waals surface area contributed by atoms with E-state index in [1.165, 1.54) is 0 Å². The van der Waals surface area contributed by atoms with Gasteiger partial charge in [-0.2, -0.15) is 0 Å². The summed E-state index contributed by atoms with van der Waals surface area (Å²) in [5.74, 6) is 8.18. The lowest BCUT2D eigenvalue weighted by Gasteiger charge is -2.04. The number of unbranched alkanes of at least 4 members (excludes halogenated alkanes) is 2. The summed E-state index contributed by atoms with van der Waals surface area (Å²) in [4.78, 5) is 14.7. The van der Waals surface area contributed by atoms with E-state index in [0.717, 1.165) is 48.6 Å². The second kappa shape index (κ2) is 7.45. The minimum Gasteiger partial charge on any atom is -0.382 e. The number of fused-ring (bicyclic) bond motifs is 1. The van der Waals surface area contributed by atoms with Crippen molar-refractivity contribution < 1.29 is 0 Å². The molecule has 0 saturated heterocycles. The fourth-order valence-electron chi connectivity index (χ4n) is 2.48. The van der Waals surface area contributed by atoms with Gasteiger partial charge in [-0.05, 0) is 30.2 Å². The third-order valence-corrected chi connectivity index (χ3v) is 4.53. The van der Waals surface area contributed by atoms with Crippen LogP contribution in [0.2, 0.25) is 0 Å². The van der Waals surface area contributed by atoms with Gasteiger partial charge in [0.15, 0.2) is 28.6 Å². The molecule has 3 aromatic heterocycles. The highest BCUT2D eigenvalue weighted by Gasteiger charge is 2.16. The monoisotopic (exact) mass is 339 g/mol. The van der Waals surface area contributed by atoms with Crippen LogP contribution in [0.1, 0.15) is 45.4 Å². The summed E-state index contributed by atoms with van der Waals surface area (Å²) in [6.45, 7) is 5.11. The van der Waals surface area contributed by atoms with Crippen LogP contribution in [0.25, 0.3) is 21.9 Å². The third kappa shape index (κ3) is 3.26. The Labute approximate surface area is 146 Å². The van der Waals surface area contributed by atoms with E-state index in [2.05, 4.69) is 40.2 Å². The number of aryl methyl sites for hydroxylation is 1. The van der Waals surface area contributed by atoms with Gasteiger partial charge in [0.1, 0.15) is 0 Å². The van der Waals surface area contributed by atoms with Gasteiger partial charge in [0.2, 0.25) is 0 Å². The van der Waals surface area contributed by atoms with E-state index in [9.17, 15) is 0 Å².